The first-order valence-corrected chi connectivity index (χ1v) is 13.5. The summed E-state index contributed by atoms with van der Waals surface area (Å²) < 4.78 is 2.20. The topological polar surface area (TPSA) is 42.2 Å². The fraction of sp³-hybridized carbons (Fsp3) is 0.778. The Balaban J connectivity index is 1.39. The molecule has 31 heavy (non-hydrogen) atoms. The Morgan fingerprint density at radius 3 is 2.00 bits per heavy atom. The van der Waals surface area contributed by atoms with Crippen molar-refractivity contribution < 1.29 is 0 Å². The van der Waals surface area contributed by atoms with E-state index >= 15 is 0 Å². The Morgan fingerprint density at radius 2 is 1.35 bits per heavy atom. The number of hydrogen-bond donors (Lipinski definition) is 1. The standard InChI is InChI=1S/C27H44N4/c1-2-6-10-14-23(15-11-7-3-1)18-19-28-26-27-29-20-21-31(27)22-25(30-26)24-16-12-8-4-5-9-13-17-24/h20-24H,1-19H2,(H,28,30). The number of anilines is 1. The number of aromatic nitrogens is 3. The fourth-order valence-electron chi connectivity index (χ4n) is 5.77. The Kier molecular flexibility index (Phi) is 9.08. The van der Waals surface area contributed by atoms with E-state index in [-0.39, 0.29) is 0 Å². The molecule has 0 bridgehead atoms. The molecule has 0 spiro atoms. The average molecular weight is 425 g/mol. The maximum absolute atomic E-state index is 5.15. The van der Waals surface area contributed by atoms with Crippen molar-refractivity contribution in [3.05, 3.63) is 24.3 Å². The molecular formula is C27H44N4. The lowest BCUT2D eigenvalue weighted by atomic mass is 9.90. The molecule has 0 aromatic carbocycles. The number of hydrogen-bond acceptors (Lipinski definition) is 3. The highest BCUT2D eigenvalue weighted by atomic mass is 15.1. The van der Waals surface area contributed by atoms with Crippen LogP contribution in [0.3, 0.4) is 0 Å². The second-order valence-corrected chi connectivity index (χ2v) is 10.2. The summed E-state index contributed by atoms with van der Waals surface area (Å²) >= 11 is 0. The maximum atomic E-state index is 5.15. The van der Waals surface area contributed by atoms with Gasteiger partial charge < -0.3 is 9.72 Å². The van der Waals surface area contributed by atoms with E-state index in [1.54, 1.807) is 0 Å². The lowest BCUT2D eigenvalue weighted by Crippen LogP contribution is -2.13. The number of fused-ring (bicyclic) bond motifs is 1. The van der Waals surface area contributed by atoms with Crippen molar-refractivity contribution in [2.75, 3.05) is 11.9 Å². The van der Waals surface area contributed by atoms with E-state index in [2.05, 4.69) is 27.1 Å². The highest BCUT2D eigenvalue weighted by Gasteiger charge is 2.18. The average Bonchev–Trinajstić information content (AvgIpc) is 3.31. The SMILES string of the molecule is c1cn2cc(C3CCCCCCCC3)nc(NCCC3CCCCCCCCC3)c2n1. The van der Waals surface area contributed by atoms with Gasteiger partial charge in [0.15, 0.2) is 11.5 Å². The van der Waals surface area contributed by atoms with Gasteiger partial charge in [0.1, 0.15) is 0 Å². The van der Waals surface area contributed by atoms with Gasteiger partial charge in [0.05, 0.1) is 5.69 Å². The van der Waals surface area contributed by atoms with Crippen LogP contribution in [0.5, 0.6) is 0 Å². The van der Waals surface area contributed by atoms with Gasteiger partial charge in [-0.2, -0.15) is 0 Å². The van der Waals surface area contributed by atoms with Crippen molar-refractivity contribution >= 4 is 11.5 Å². The third-order valence-electron chi connectivity index (χ3n) is 7.74. The molecule has 0 aliphatic heterocycles. The predicted octanol–water partition coefficient (Wildman–Crippen LogP) is 7.89. The first kappa shape index (κ1) is 22.6. The van der Waals surface area contributed by atoms with E-state index in [0.29, 0.717) is 5.92 Å². The number of nitrogens with zero attached hydrogens (tertiary/aromatic N) is 3. The lowest BCUT2D eigenvalue weighted by Gasteiger charge is -2.20. The molecule has 4 rings (SSSR count). The van der Waals surface area contributed by atoms with Gasteiger partial charge in [0.25, 0.3) is 0 Å². The molecule has 0 atom stereocenters. The van der Waals surface area contributed by atoms with Crippen LogP contribution in [0.4, 0.5) is 5.82 Å². The summed E-state index contributed by atoms with van der Waals surface area (Å²) in [5.41, 5.74) is 2.26. The van der Waals surface area contributed by atoms with Gasteiger partial charge in [0.2, 0.25) is 0 Å². The number of rotatable bonds is 5. The first-order chi connectivity index (χ1) is 15.4. The first-order valence-electron chi connectivity index (χ1n) is 13.5. The zero-order chi connectivity index (χ0) is 21.1. The van der Waals surface area contributed by atoms with Crippen LogP contribution in [-0.2, 0) is 0 Å². The molecule has 1 N–H and O–H groups in total. The monoisotopic (exact) mass is 424 g/mol. The Labute approximate surface area is 189 Å². The quantitative estimate of drug-likeness (QED) is 0.530. The van der Waals surface area contributed by atoms with Crippen molar-refractivity contribution in [1.29, 1.82) is 0 Å². The van der Waals surface area contributed by atoms with Crippen molar-refractivity contribution in [3.8, 4) is 0 Å². The molecule has 2 fully saturated rings. The minimum Gasteiger partial charge on any atom is -0.367 e. The summed E-state index contributed by atoms with van der Waals surface area (Å²) in [6, 6.07) is 0. The Bertz CT molecular complexity index is 748. The van der Waals surface area contributed by atoms with Crippen LogP contribution >= 0.6 is 0 Å². The van der Waals surface area contributed by atoms with Crippen LogP contribution < -0.4 is 5.32 Å². The molecule has 2 aliphatic rings. The minimum absolute atomic E-state index is 0.601. The number of nitrogens with one attached hydrogen (secondary N) is 1. The zero-order valence-electron chi connectivity index (χ0n) is 19.7. The van der Waals surface area contributed by atoms with E-state index in [4.69, 9.17) is 4.98 Å². The van der Waals surface area contributed by atoms with E-state index in [0.717, 1.165) is 23.9 Å². The minimum atomic E-state index is 0.601. The molecule has 2 saturated carbocycles. The zero-order valence-corrected chi connectivity index (χ0v) is 19.7. The van der Waals surface area contributed by atoms with Gasteiger partial charge in [-0.1, -0.05) is 96.3 Å². The van der Waals surface area contributed by atoms with Gasteiger partial charge in [-0.15, -0.1) is 0 Å². The molecule has 0 saturated heterocycles. The third-order valence-corrected chi connectivity index (χ3v) is 7.74. The highest BCUT2D eigenvalue weighted by Crippen LogP contribution is 2.31. The van der Waals surface area contributed by atoms with Crippen molar-refractivity contribution in [1.82, 2.24) is 14.4 Å². The van der Waals surface area contributed by atoms with Crippen LogP contribution in [-0.4, -0.2) is 20.9 Å². The molecule has 0 amide bonds. The molecule has 2 heterocycles. The Morgan fingerprint density at radius 1 is 0.774 bits per heavy atom. The second kappa shape index (κ2) is 12.5. The van der Waals surface area contributed by atoms with Crippen molar-refractivity contribution in [2.24, 2.45) is 5.92 Å². The molecule has 172 valence electrons. The summed E-state index contributed by atoms with van der Waals surface area (Å²) in [4.78, 5) is 9.76. The number of imidazole rings is 1. The van der Waals surface area contributed by atoms with Gasteiger partial charge in [0, 0.05) is 31.1 Å². The lowest BCUT2D eigenvalue weighted by molar-refractivity contribution is 0.375. The molecule has 2 aromatic rings. The smallest absolute Gasteiger partial charge is 0.180 e. The largest absolute Gasteiger partial charge is 0.367 e. The van der Waals surface area contributed by atoms with Crippen molar-refractivity contribution in [2.45, 2.75) is 121 Å². The predicted molar refractivity (Wildman–Crippen MR) is 131 cm³/mol. The van der Waals surface area contributed by atoms with Crippen LogP contribution in [0.1, 0.15) is 127 Å². The van der Waals surface area contributed by atoms with Gasteiger partial charge in [-0.05, 0) is 25.2 Å². The summed E-state index contributed by atoms with van der Waals surface area (Å²) in [5.74, 6) is 2.48. The molecule has 4 heteroatoms. The molecule has 0 unspecified atom stereocenters. The third kappa shape index (κ3) is 6.95. The second-order valence-electron chi connectivity index (χ2n) is 10.2. The summed E-state index contributed by atoms with van der Waals surface area (Å²) in [6.45, 7) is 1.02. The maximum Gasteiger partial charge on any atom is 0.180 e. The van der Waals surface area contributed by atoms with Gasteiger partial charge >= 0.3 is 0 Å². The molecule has 2 aromatic heterocycles. The van der Waals surface area contributed by atoms with E-state index in [9.17, 15) is 0 Å². The van der Waals surface area contributed by atoms with Crippen molar-refractivity contribution in [3.63, 3.8) is 0 Å². The summed E-state index contributed by atoms with van der Waals surface area (Å²) in [7, 11) is 0. The van der Waals surface area contributed by atoms with E-state index in [1.807, 2.05) is 6.20 Å². The molecule has 4 nitrogen and oxygen atoms in total. The van der Waals surface area contributed by atoms with Crippen LogP contribution in [0.25, 0.3) is 5.65 Å². The van der Waals surface area contributed by atoms with Crippen LogP contribution in [0, 0.1) is 5.92 Å². The van der Waals surface area contributed by atoms with Gasteiger partial charge in [-0.25, -0.2) is 9.97 Å². The van der Waals surface area contributed by atoms with Gasteiger partial charge in [-0.3, -0.25) is 0 Å². The Hall–Kier alpha value is -1.58. The van der Waals surface area contributed by atoms with Crippen LogP contribution in [0.15, 0.2) is 18.6 Å². The normalized spacial score (nSPS) is 21.3. The summed E-state index contributed by atoms with van der Waals surface area (Å²) in [5, 5.41) is 3.71. The highest BCUT2D eigenvalue weighted by molar-refractivity contribution is 5.62. The summed E-state index contributed by atoms with van der Waals surface area (Å²) in [6.07, 6.45) is 31.3. The molecule has 2 aliphatic carbocycles. The fourth-order valence-corrected chi connectivity index (χ4v) is 5.77. The van der Waals surface area contributed by atoms with Crippen LogP contribution in [0.2, 0.25) is 0 Å². The van der Waals surface area contributed by atoms with E-state index in [1.165, 1.54) is 121 Å². The molecular weight excluding hydrogens is 380 g/mol. The molecule has 0 radical (unpaired) electrons. The van der Waals surface area contributed by atoms with E-state index < -0.39 is 0 Å².